The van der Waals surface area contributed by atoms with E-state index < -0.39 is 0 Å². The van der Waals surface area contributed by atoms with Crippen LogP contribution in [0.2, 0.25) is 5.02 Å². The SMILES string of the molecule is CN(C)CCOC(=O)CCCN1C(=O)/C(=C\c2ccc(Cl)cc2)SC1=S.Cl. The third-order valence-corrected chi connectivity index (χ3v) is 5.24. The van der Waals surface area contributed by atoms with E-state index in [1.54, 1.807) is 18.2 Å². The second-order valence-corrected chi connectivity index (χ2v) is 8.12. The first kappa shape index (κ1) is 23.9. The molecule has 5 nitrogen and oxygen atoms in total. The fourth-order valence-corrected chi connectivity index (χ4v) is 3.63. The van der Waals surface area contributed by atoms with E-state index in [1.807, 2.05) is 31.1 Å². The number of thioether (sulfide) groups is 1. The zero-order chi connectivity index (χ0) is 19.1. The Hall–Kier alpha value is -1.12. The molecule has 0 atom stereocenters. The third kappa shape index (κ3) is 7.79. The summed E-state index contributed by atoms with van der Waals surface area (Å²) in [5, 5.41) is 0.646. The number of carbonyl (C=O) groups is 2. The van der Waals surface area contributed by atoms with Crippen LogP contribution in [0.5, 0.6) is 0 Å². The van der Waals surface area contributed by atoms with Crippen LogP contribution in [-0.4, -0.2) is 59.8 Å². The van der Waals surface area contributed by atoms with Crippen molar-refractivity contribution in [2.75, 3.05) is 33.8 Å². The molecule has 1 aromatic carbocycles. The smallest absolute Gasteiger partial charge is 0.305 e. The summed E-state index contributed by atoms with van der Waals surface area (Å²) in [6.45, 7) is 1.47. The van der Waals surface area contributed by atoms with Gasteiger partial charge in [0.05, 0.1) is 4.91 Å². The highest BCUT2D eigenvalue weighted by atomic mass is 35.5. The highest BCUT2D eigenvalue weighted by molar-refractivity contribution is 8.26. The molecule has 27 heavy (non-hydrogen) atoms. The summed E-state index contributed by atoms with van der Waals surface area (Å²) in [4.78, 5) is 28.3. The fourth-order valence-electron chi connectivity index (χ4n) is 2.20. The maximum absolute atomic E-state index is 12.5. The molecule has 1 fully saturated rings. The number of carbonyl (C=O) groups excluding carboxylic acids is 2. The van der Waals surface area contributed by atoms with E-state index in [2.05, 4.69) is 0 Å². The van der Waals surface area contributed by atoms with Gasteiger partial charge in [0.15, 0.2) is 0 Å². The molecule has 1 aliphatic rings. The van der Waals surface area contributed by atoms with Gasteiger partial charge < -0.3 is 9.64 Å². The van der Waals surface area contributed by atoms with E-state index in [1.165, 1.54) is 16.7 Å². The molecule has 1 saturated heterocycles. The van der Waals surface area contributed by atoms with Crippen LogP contribution in [0.15, 0.2) is 29.2 Å². The number of hydrogen-bond donors (Lipinski definition) is 0. The van der Waals surface area contributed by atoms with Crippen molar-refractivity contribution < 1.29 is 14.3 Å². The molecule has 0 N–H and O–H groups in total. The summed E-state index contributed by atoms with van der Waals surface area (Å²) >= 11 is 12.4. The molecule has 0 radical (unpaired) electrons. The van der Waals surface area contributed by atoms with Crippen molar-refractivity contribution >= 4 is 70.3 Å². The number of nitrogens with zero attached hydrogens (tertiary/aromatic N) is 2. The van der Waals surface area contributed by atoms with Gasteiger partial charge in [0.1, 0.15) is 10.9 Å². The number of thiocarbonyl (C=S) groups is 1. The van der Waals surface area contributed by atoms with E-state index in [9.17, 15) is 9.59 Å². The number of halogens is 2. The van der Waals surface area contributed by atoms with Gasteiger partial charge in [-0.1, -0.05) is 47.7 Å². The van der Waals surface area contributed by atoms with Crippen molar-refractivity contribution in [3.05, 3.63) is 39.8 Å². The summed E-state index contributed by atoms with van der Waals surface area (Å²) in [7, 11) is 3.83. The van der Waals surface area contributed by atoms with E-state index >= 15 is 0 Å². The molecule has 0 saturated carbocycles. The van der Waals surface area contributed by atoms with Crippen LogP contribution >= 0.6 is 48.0 Å². The number of ether oxygens (including phenoxy) is 1. The first-order valence-electron chi connectivity index (χ1n) is 8.18. The van der Waals surface area contributed by atoms with Gasteiger partial charge in [0, 0.05) is 24.5 Å². The van der Waals surface area contributed by atoms with Crippen molar-refractivity contribution in [3.63, 3.8) is 0 Å². The molecule has 1 amide bonds. The van der Waals surface area contributed by atoms with Crippen molar-refractivity contribution in [1.82, 2.24) is 9.80 Å². The molecule has 0 spiro atoms. The molecular formula is C18H22Cl2N2O3S2. The van der Waals surface area contributed by atoms with Gasteiger partial charge in [-0.15, -0.1) is 12.4 Å². The number of likely N-dealkylation sites (N-methyl/N-ethyl adjacent to an activating group) is 1. The Balaban J connectivity index is 0.00000364. The van der Waals surface area contributed by atoms with Crippen molar-refractivity contribution in [1.29, 1.82) is 0 Å². The van der Waals surface area contributed by atoms with Crippen LogP contribution in [0.1, 0.15) is 18.4 Å². The zero-order valence-corrected chi connectivity index (χ0v) is 18.3. The van der Waals surface area contributed by atoms with E-state index in [0.717, 1.165) is 5.56 Å². The van der Waals surface area contributed by atoms with E-state index in [0.29, 0.717) is 40.4 Å². The number of esters is 1. The third-order valence-electron chi connectivity index (χ3n) is 3.61. The monoisotopic (exact) mass is 448 g/mol. The predicted octanol–water partition coefficient (Wildman–Crippen LogP) is 3.85. The van der Waals surface area contributed by atoms with Gasteiger partial charge in [0.25, 0.3) is 5.91 Å². The molecule has 0 aromatic heterocycles. The van der Waals surface area contributed by atoms with E-state index in [4.69, 9.17) is 28.6 Å². The Morgan fingerprint density at radius 3 is 2.63 bits per heavy atom. The average molecular weight is 449 g/mol. The second-order valence-electron chi connectivity index (χ2n) is 6.01. The van der Waals surface area contributed by atoms with Gasteiger partial charge in [-0.05, 0) is 44.3 Å². The van der Waals surface area contributed by atoms with Crippen LogP contribution in [0, 0.1) is 0 Å². The number of rotatable bonds is 8. The molecule has 0 aliphatic carbocycles. The molecule has 1 heterocycles. The highest BCUT2D eigenvalue weighted by Crippen LogP contribution is 2.32. The standard InChI is InChI=1S/C18H21ClN2O3S2.ClH/c1-20(2)10-11-24-16(22)4-3-9-21-17(23)15(26-18(21)25)12-13-5-7-14(19)8-6-13;/h5-8,12H,3-4,9-11H2,1-2H3;1H/b15-12+;. The van der Waals surface area contributed by atoms with Gasteiger partial charge in [-0.2, -0.15) is 0 Å². The number of benzene rings is 1. The van der Waals surface area contributed by atoms with Crippen LogP contribution < -0.4 is 0 Å². The summed E-state index contributed by atoms with van der Waals surface area (Å²) in [5.41, 5.74) is 0.888. The van der Waals surface area contributed by atoms with E-state index in [-0.39, 0.29) is 30.7 Å². The fraction of sp³-hybridized carbons (Fsp3) is 0.389. The van der Waals surface area contributed by atoms with Crippen LogP contribution in [0.4, 0.5) is 0 Å². The lowest BCUT2D eigenvalue weighted by Crippen LogP contribution is -2.29. The minimum Gasteiger partial charge on any atom is -0.464 e. The minimum absolute atomic E-state index is 0. The lowest BCUT2D eigenvalue weighted by Gasteiger charge is -2.14. The maximum Gasteiger partial charge on any atom is 0.305 e. The summed E-state index contributed by atoms with van der Waals surface area (Å²) in [5.74, 6) is -0.384. The first-order chi connectivity index (χ1) is 12.4. The first-order valence-corrected chi connectivity index (χ1v) is 9.78. The van der Waals surface area contributed by atoms with Gasteiger partial charge in [-0.25, -0.2) is 0 Å². The van der Waals surface area contributed by atoms with Crippen molar-refractivity contribution in [2.45, 2.75) is 12.8 Å². The lowest BCUT2D eigenvalue weighted by atomic mass is 10.2. The zero-order valence-electron chi connectivity index (χ0n) is 15.1. The number of hydrogen-bond acceptors (Lipinski definition) is 6. The molecule has 0 unspecified atom stereocenters. The molecule has 1 aromatic rings. The van der Waals surface area contributed by atoms with Gasteiger partial charge in [0.2, 0.25) is 0 Å². The molecule has 1 aliphatic heterocycles. The highest BCUT2D eigenvalue weighted by Gasteiger charge is 2.31. The van der Waals surface area contributed by atoms with Gasteiger partial charge >= 0.3 is 5.97 Å². The summed E-state index contributed by atoms with van der Waals surface area (Å²) in [6.07, 6.45) is 2.58. The Morgan fingerprint density at radius 1 is 1.33 bits per heavy atom. The molecular weight excluding hydrogens is 427 g/mol. The van der Waals surface area contributed by atoms with Crippen LogP contribution in [0.25, 0.3) is 6.08 Å². The largest absolute Gasteiger partial charge is 0.464 e. The average Bonchev–Trinajstić information content (AvgIpc) is 2.84. The van der Waals surface area contributed by atoms with Crippen LogP contribution in [0.3, 0.4) is 0 Å². The molecule has 9 heteroatoms. The number of amides is 1. The Labute approximate surface area is 180 Å². The normalized spacial score (nSPS) is 15.4. The van der Waals surface area contributed by atoms with Gasteiger partial charge in [-0.3, -0.25) is 14.5 Å². The Bertz CT molecular complexity index is 709. The van der Waals surface area contributed by atoms with Crippen molar-refractivity contribution in [3.8, 4) is 0 Å². The molecule has 148 valence electrons. The lowest BCUT2D eigenvalue weighted by molar-refractivity contribution is -0.144. The Morgan fingerprint density at radius 2 is 2.00 bits per heavy atom. The summed E-state index contributed by atoms with van der Waals surface area (Å²) in [6, 6.07) is 7.24. The topological polar surface area (TPSA) is 49.9 Å². The Kier molecular flexibility index (Phi) is 10.3. The van der Waals surface area contributed by atoms with Crippen molar-refractivity contribution in [2.24, 2.45) is 0 Å². The predicted molar refractivity (Wildman–Crippen MR) is 117 cm³/mol. The van der Waals surface area contributed by atoms with Crippen LogP contribution in [-0.2, 0) is 14.3 Å². The molecule has 0 bridgehead atoms. The second kappa shape index (κ2) is 11.7. The maximum atomic E-state index is 12.5. The minimum atomic E-state index is -0.256. The molecule has 2 rings (SSSR count). The summed E-state index contributed by atoms with van der Waals surface area (Å²) < 4.78 is 5.65. The quantitative estimate of drug-likeness (QED) is 0.342.